The van der Waals surface area contributed by atoms with Crippen molar-refractivity contribution in [2.75, 3.05) is 33.2 Å². The maximum absolute atomic E-state index is 3.61. The molecule has 0 aliphatic carbocycles. The molecule has 1 saturated heterocycles. The van der Waals surface area contributed by atoms with Crippen LogP contribution in [0.5, 0.6) is 0 Å². The van der Waals surface area contributed by atoms with Gasteiger partial charge in [0.15, 0.2) is 0 Å². The highest BCUT2D eigenvalue weighted by Gasteiger charge is 2.31. The quantitative estimate of drug-likeness (QED) is 0.891. The van der Waals surface area contributed by atoms with E-state index in [0.29, 0.717) is 12.1 Å². The molecule has 20 heavy (non-hydrogen) atoms. The summed E-state index contributed by atoms with van der Waals surface area (Å²) < 4.78 is 0. The Labute approximate surface area is 123 Å². The molecular weight excluding hydrogens is 246 g/mol. The normalized spacial score (nSPS) is 28.9. The molecule has 1 aromatic carbocycles. The van der Waals surface area contributed by atoms with E-state index in [1.807, 2.05) is 0 Å². The molecule has 0 amide bonds. The molecule has 0 bridgehead atoms. The number of rotatable bonds is 2. The molecule has 0 saturated carbocycles. The van der Waals surface area contributed by atoms with Gasteiger partial charge in [0.25, 0.3) is 0 Å². The Morgan fingerprint density at radius 1 is 1.25 bits per heavy atom. The van der Waals surface area contributed by atoms with Crippen LogP contribution < -0.4 is 5.32 Å². The van der Waals surface area contributed by atoms with Crippen molar-refractivity contribution in [3.05, 3.63) is 35.4 Å². The molecule has 1 N–H and O–H groups in total. The van der Waals surface area contributed by atoms with Gasteiger partial charge in [-0.25, -0.2) is 0 Å². The molecule has 2 atom stereocenters. The number of likely N-dealkylation sites (N-methyl/N-ethyl adjacent to an activating group) is 1. The summed E-state index contributed by atoms with van der Waals surface area (Å²) in [6.45, 7) is 8.11. The molecule has 1 fully saturated rings. The average Bonchev–Trinajstić information content (AvgIpc) is 2.68. The molecule has 0 spiro atoms. The van der Waals surface area contributed by atoms with Crippen LogP contribution in [0.1, 0.15) is 36.9 Å². The zero-order valence-corrected chi connectivity index (χ0v) is 12.8. The van der Waals surface area contributed by atoms with Crippen molar-refractivity contribution in [1.29, 1.82) is 0 Å². The Hall–Kier alpha value is -0.900. The van der Waals surface area contributed by atoms with Gasteiger partial charge in [-0.05, 0) is 37.6 Å². The van der Waals surface area contributed by atoms with Crippen molar-refractivity contribution in [2.24, 2.45) is 0 Å². The van der Waals surface area contributed by atoms with Crippen LogP contribution in [-0.4, -0.2) is 49.1 Å². The SMILES string of the molecule is CCC1CN(C)CCCN1C1CNCc2ccccc21. The van der Waals surface area contributed by atoms with E-state index in [-0.39, 0.29) is 0 Å². The maximum atomic E-state index is 3.61. The van der Waals surface area contributed by atoms with Gasteiger partial charge >= 0.3 is 0 Å². The molecule has 2 unspecified atom stereocenters. The summed E-state index contributed by atoms with van der Waals surface area (Å²) >= 11 is 0. The van der Waals surface area contributed by atoms with E-state index in [4.69, 9.17) is 0 Å². The Morgan fingerprint density at radius 3 is 2.95 bits per heavy atom. The number of hydrogen-bond donors (Lipinski definition) is 1. The van der Waals surface area contributed by atoms with E-state index in [1.165, 1.54) is 38.0 Å². The van der Waals surface area contributed by atoms with E-state index in [9.17, 15) is 0 Å². The summed E-state index contributed by atoms with van der Waals surface area (Å²) in [6.07, 6.45) is 2.52. The number of nitrogens with one attached hydrogen (secondary N) is 1. The molecule has 2 aliphatic heterocycles. The molecule has 3 nitrogen and oxygen atoms in total. The van der Waals surface area contributed by atoms with Crippen LogP contribution in [0.15, 0.2) is 24.3 Å². The van der Waals surface area contributed by atoms with E-state index in [0.717, 1.165) is 13.1 Å². The van der Waals surface area contributed by atoms with Gasteiger partial charge in [-0.15, -0.1) is 0 Å². The predicted octanol–water partition coefficient (Wildman–Crippen LogP) is 2.25. The van der Waals surface area contributed by atoms with Gasteiger partial charge in [-0.2, -0.15) is 0 Å². The Bertz CT molecular complexity index is 446. The first-order valence-corrected chi connectivity index (χ1v) is 8.02. The van der Waals surface area contributed by atoms with Crippen LogP contribution in [-0.2, 0) is 6.54 Å². The first-order valence-electron chi connectivity index (χ1n) is 8.02. The lowest BCUT2D eigenvalue weighted by Gasteiger charge is -2.40. The van der Waals surface area contributed by atoms with Crippen molar-refractivity contribution in [2.45, 2.75) is 38.4 Å². The van der Waals surface area contributed by atoms with Crippen LogP contribution in [0.25, 0.3) is 0 Å². The fourth-order valence-corrected chi connectivity index (χ4v) is 3.81. The van der Waals surface area contributed by atoms with E-state index < -0.39 is 0 Å². The fraction of sp³-hybridized carbons (Fsp3) is 0.647. The zero-order valence-electron chi connectivity index (χ0n) is 12.8. The van der Waals surface area contributed by atoms with Gasteiger partial charge in [0.05, 0.1) is 0 Å². The molecule has 0 aromatic heterocycles. The van der Waals surface area contributed by atoms with Crippen LogP contribution >= 0.6 is 0 Å². The van der Waals surface area contributed by atoms with Gasteiger partial charge in [0.1, 0.15) is 0 Å². The summed E-state index contributed by atoms with van der Waals surface area (Å²) in [5.41, 5.74) is 3.03. The highest BCUT2D eigenvalue weighted by Crippen LogP contribution is 2.30. The third-order valence-electron chi connectivity index (χ3n) is 4.89. The Kier molecular flexibility index (Phi) is 4.39. The monoisotopic (exact) mass is 273 g/mol. The van der Waals surface area contributed by atoms with E-state index in [1.54, 1.807) is 5.56 Å². The van der Waals surface area contributed by atoms with Crippen molar-refractivity contribution >= 4 is 0 Å². The fourth-order valence-electron chi connectivity index (χ4n) is 3.81. The number of fused-ring (bicyclic) bond motifs is 1. The first kappa shape index (κ1) is 14.1. The third kappa shape index (κ3) is 2.76. The van der Waals surface area contributed by atoms with Crippen LogP contribution in [0.2, 0.25) is 0 Å². The molecule has 110 valence electrons. The maximum Gasteiger partial charge on any atom is 0.0479 e. The van der Waals surface area contributed by atoms with Crippen LogP contribution in [0.4, 0.5) is 0 Å². The largest absolute Gasteiger partial charge is 0.311 e. The van der Waals surface area contributed by atoms with Crippen LogP contribution in [0, 0.1) is 0 Å². The number of benzene rings is 1. The van der Waals surface area contributed by atoms with Gasteiger partial charge in [0.2, 0.25) is 0 Å². The molecule has 1 aromatic rings. The summed E-state index contributed by atoms with van der Waals surface area (Å²) in [6, 6.07) is 10.2. The highest BCUT2D eigenvalue weighted by atomic mass is 15.3. The topological polar surface area (TPSA) is 18.5 Å². The van der Waals surface area contributed by atoms with Gasteiger partial charge < -0.3 is 10.2 Å². The van der Waals surface area contributed by atoms with Crippen molar-refractivity contribution in [1.82, 2.24) is 15.1 Å². The first-order chi connectivity index (χ1) is 9.79. The second-order valence-corrected chi connectivity index (χ2v) is 6.26. The summed E-state index contributed by atoms with van der Waals surface area (Å²) in [5, 5.41) is 3.61. The summed E-state index contributed by atoms with van der Waals surface area (Å²) in [7, 11) is 2.26. The average molecular weight is 273 g/mol. The minimum atomic E-state index is 0.552. The van der Waals surface area contributed by atoms with Crippen molar-refractivity contribution in [3.8, 4) is 0 Å². The lowest BCUT2D eigenvalue weighted by Crippen LogP contribution is -2.46. The van der Waals surface area contributed by atoms with Gasteiger partial charge in [-0.1, -0.05) is 31.2 Å². The molecule has 0 radical (unpaired) electrons. The number of hydrogen-bond acceptors (Lipinski definition) is 3. The number of nitrogens with zero attached hydrogens (tertiary/aromatic N) is 2. The third-order valence-corrected chi connectivity index (χ3v) is 4.89. The zero-order chi connectivity index (χ0) is 13.9. The minimum Gasteiger partial charge on any atom is -0.311 e. The van der Waals surface area contributed by atoms with Gasteiger partial charge in [0, 0.05) is 38.3 Å². The smallest absolute Gasteiger partial charge is 0.0479 e. The molecule has 3 heteroatoms. The molecule has 3 rings (SSSR count). The summed E-state index contributed by atoms with van der Waals surface area (Å²) in [5.74, 6) is 0. The van der Waals surface area contributed by atoms with Gasteiger partial charge in [-0.3, -0.25) is 4.90 Å². The second kappa shape index (κ2) is 6.25. The Balaban J connectivity index is 1.87. The molecule has 2 aliphatic rings. The predicted molar refractivity (Wildman–Crippen MR) is 83.8 cm³/mol. The Morgan fingerprint density at radius 2 is 2.10 bits per heavy atom. The van der Waals surface area contributed by atoms with E-state index in [2.05, 4.69) is 53.4 Å². The highest BCUT2D eigenvalue weighted by molar-refractivity contribution is 5.32. The summed E-state index contributed by atoms with van der Waals surface area (Å²) in [4.78, 5) is 5.25. The lowest BCUT2D eigenvalue weighted by atomic mass is 9.94. The molecular formula is C17H27N3. The standard InChI is InChI=1S/C17H27N3/c1-3-15-13-19(2)9-6-10-20(15)17-12-18-11-14-7-4-5-8-16(14)17/h4-5,7-8,15,17-18H,3,6,9-13H2,1-2H3. The molecule has 2 heterocycles. The van der Waals surface area contributed by atoms with Crippen LogP contribution in [0.3, 0.4) is 0 Å². The van der Waals surface area contributed by atoms with Crippen molar-refractivity contribution in [3.63, 3.8) is 0 Å². The van der Waals surface area contributed by atoms with E-state index >= 15 is 0 Å². The second-order valence-electron chi connectivity index (χ2n) is 6.26. The van der Waals surface area contributed by atoms with Crippen molar-refractivity contribution < 1.29 is 0 Å². The lowest BCUT2D eigenvalue weighted by molar-refractivity contribution is 0.120. The minimum absolute atomic E-state index is 0.552.